The van der Waals surface area contributed by atoms with Gasteiger partial charge in [-0.25, -0.2) is 9.31 Å². The van der Waals surface area contributed by atoms with Crippen molar-refractivity contribution < 1.29 is 14.4 Å². The van der Waals surface area contributed by atoms with Crippen LogP contribution < -0.4 is 11.3 Å². The molecule has 0 radical (unpaired) electrons. The minimum absolute atomic E-state index is 0.0559. The Kier molecular flexibility index (Phi) is 7.34. The first-order valence-electron chi connectivity index (χ1n) is 15.5. The van der Waals surface area contributed by atoms with E-state index in [9.17, 15) is 14.7 Å². The molecule has 5 aromatic rings. The highest BCUT2D eigenvalue weighted by atomic mass is 16.5. The van der Waals surface area contributed by atoms with E-state index in [2.05, 4.69) is 34.3 Å². The van der Waals surface area contributed by atoms with Crippen LogP contribution in [0.2, 0.25) is 0 Å². The second kappa shape index (κ2) is 11.3. The highest BCUT2D eigenvalue weighted by Crippen LogP contribution is 2.41. The smallest absolute Gasteiger partial charge is 0.387 e. The number of fused-ring (bicyclic) bond motifs is 1. The van der Waals surface area contributed by atoms with E-state index < -0.39 is 11.4 Å². The van der Waals surface area contributed by atoms with Crippen molar-refractivity contribution in [3.05, 3.63) is 98.5 Å². The van der Waals surface area contributed by atoms with Crippen LogP contribution in [0.15, 0.2) is 74.9 Å². The van der Waals surface area contributed by atoms with E-state index in [4.69, 9.17) is 9.26 Å². The van der Waals surface area contributed by atoms with Gasteiger partial charge in [-0.05, 0) is 55.7 Å². The molecule has 7 rings (SSSR count). The lowest BCUT2D eigenvalue weighted by atomic mass is 9.92. The zero-order valence-corrected chi connectivity index (χ0v) is 25.0. The number of rotatable bonds is 9. The van der Waals surface area contributed by atoms with E-state index in [0.29, 0.717) is 18.7 Å². The van der Waals surface area contributed by atoms with Crippen LogP contribution in [0.5, 0.6) is 0 Å². The van der Waals surface area contributed by atoms with Gasteiger partial charge in [-0.3, -0.25) is 18.9 Å². The lowest BCUT2D eigenvalue weighted by molar-refractivity contribution is -0.0273. The van der Waals surface area contributed by atoms with Crippen molar-refractivity contribution in [2.45, 2.75) is 89.1 Å². The number of nitrogens with zero attached hydrogens (tertiary/aromatic N) is 4. The maximum absolute atomic E-state index is 14.3. The zero-order chi connectivity index (χ0) is 30.4. The number of aromatic nitrogens is 5. The number of aromatic amines is 1. The number of aliphatic hydroxyl groups is 1. The first-order valence-corrected chi connectivity index (χ1v) is 15.5. The van der Waals surface area contributed by atoms with Gasteiger partial charge < -0.3 is 9.84 Å². The van der Waals surface area contributed by atoms with E-state index >= 15 is 0 Å². The molecule has 2 saturated carbocycles. The number of hydrogen-bond acceptors (Lipinski definition) is 7. The predicted octanol–water partition coefficient (Wildman–Crippen LogP) is 5.07. The summed E-state index contributed by atoms with van der Waals surface area (Å²) in [5, 5.41) is 18.7. The van der Waals surface area contributed by atoms with Crippen molar-refractivity contribution in [3.63, 3.8) is 0 Å². The van der Waals surface area contributed by atoms with Gasteiger partial charge in [0, 0.05) is 36.1 Å². The molecule has 10 nitrogen and oxygen atoms in total. The molecule has 2 aliphatic rings. The van der Waals surface area contributed by atoms with Crippen LogP contribution in [0.1, 0.15) is 75.2 Å². The van der Waals surface area contributed by atoms with Crippen LogP contribution in [0, 0.1) is 0 Å². The largest absolute Gasteiger partial charge is 0.439 e. The quantitative estimate of drug-likeness (QED) is 0.243. The van der Waals surface area contributed by atoms with E-state index in [1.165, 1.54) is 0 Å². The monoisotopic (exact) mass is 595 g/mol. The second-order valence-corrected chi connectivity index (χ2v) is 12.4. The van der Waals surface area contributed by atoms with Gasteiger partial charge in [0.2, 0.25) is 0 Å². The van der Waals surface area contributed by atoms with Gasteiger partial charge in [0.05, 0.1) is 29.7 Å². The minimum Gasteiger partial charge on any atom is -0.387 e. The highest BCUT2D eigenvalue weighted by Gasteiger charge is 2.51. The van der Waals surface area contributed by atoms with Gasteiger partial charge in [-0.1, -0.05) is 67.0 Å². The second-order valence-electron chi connectivity index (χ2n) is 12.4. The molecule has 10 heteroatoms. The summed E-state index contributed by atoms with van der Waals surface area (Å²) in [7, 11) is 0. The molecule has 0 amide bonds. The van der Waals surface area contributed by atoms with E-state index in [1.54, 1.807) is 6.20 Å². The summed E-state index contributed by atoms with van der Waals surface area (Å²) in [5.74, 6) is -0.214. The molecule has 228 valence electrons. The molecule has 2 aromatic carbocycles. The molecule has 2 aliphatic carbocycles. The first kappa shape index (κ1) is 28.5. The SMILES string of the molecule is CCCc1c(Cc2ccc(-c3ccccc3-c3noc(=O)[nH]3)cc2)c(=O)n(C2CCC(O[C@@H]3C[C@]3(C)O)CC2)c2ccnn12. The molecule has 0 bridgehead atoms. The molecule has 3 heterocycles. The van der Waals surface area contributed by atoms with Crippen LogP contribution in [0.3, 0.4) is 0 Å². The maximum Gasteiger partial charge on any atom is 0.439 e. The number of aryl methyl sites for hydroxylation is 1. The highest BCUT2D eigenvalue weighted by molar-refractivity contribution is 5.80. The Balaban J connectivity index is 1.18. The Morgan fingerprint density at radius 1 is 1.05 bits per heavy atom. The van der Waals surface area contributed by atoms with Gasteiger partial charge in [0.1, 0.15) is 5.65 Å². The molecule has 2 fully saturated rings. The Labute approximate surface area is 254 Å². The number of benzene rings is 2. The van der Waals surface area contributed by atoms with Crippen LogP contribution in [0.25, 0.3) is 28.2 Å². The molecule has 2 N–H and O–H groups in total. The standard InChI is InChI=1S/C34H37N5O5/c1-3-6-28-27(19-21-9-11-22(12-10-21)25-7-4-5-8-26(25)31-36-33(41)44-37-31)32(40)38(30-17-18-35-39(28)30)23-13-15-24(16-14-23)43-29-20-34(29,2)42/h4-5,7-12,17-18,23-24,29,42H,3,6,13-16,19-20H2,1-2H3,(H,36,37,41)/t23?,24?,29-,34+/m1/s1. The fourth-order valence-corrected chi connectivity index (χ4v) is 6.69. The fourth-order valence-electron chi connectivity index (χ4n) is 6.69. The molecule has 0 spiro atoms. The lowest BCUT2D eigenvalue weighted by Gasteiger charge is -2.31. The van der Waals surface area contributed by atoms with Gasteiger partial charge in [0.15, 0.2) is 5.82 Å². The first-order chi connectivity index (χ1) is 21.3. The number of nitrogens with one attached hydrogen (secondary N) is 1. The van der Waals surface area contributed by atoms with Crippen molar-refractivity contribution in [1.29, 1.82) is 0 Å². The summed E-state index contributed by atoms with van der Waals surface area (Å²) in [5.41, 5.74) is 5.63. The minimum atomic E-state index is -0.694. The van der Waals surface area contributed by atoms with Gasteiger partial charge >= 0.3 is 5.76 Å². The Bertz CT molecular complexity index is 1910. The van der Waals surface area contributed by atoms with Crippen molar-refractivity contribution in [2.75, 3.05) is 0 Å². The molecule has 0 unspecified atom stereocenters. The average Bonchev–Trinajstić information content (AvgIpc) is 3.37. The van der Waals surface area contributed by atoms with Crippen LogP contribution >= 0.6 is 0 Å². The normalized spacial score (nSPS) is 23.3. The summed E-state index contributed by atoms with van der Waals surface area (Å²) in [6.07, 6.45) is 8.10. The number of ether oxygens (including phenoxy) is 1. The Morgan fingerprint density at radius 3 is 2.43 bits per heavy atom. The Hall–Kier alpha value is -4.28. The van der Waals surface area contributed by atoms with E-state index in [0.717, 1.165) is 77.7 Å². The summed E-state index contributed by atoms with van der Waals surface area (Å²) in [6.45, 7) is 3.95. The van der Waals surface area contributed by atoms with Crippen molar-refractivity contribution in [2.24, 2.45) is 0 Å². The third-order valence-corrected chi connectivity index (χ3v) is 9.20. The number of hydrogen-bond donors (Lipinski definition) is 2. The van der Waals surface area contributed by atoms with Gasteiger partial charge in [0.25, 0.3) is 5.56 Å². The molecule has 44 heavy (non-hydrogen) atoms. The summed E-state index contributed by atoms with van der Waals surface area (Å²) >= 11 is 0. The molecule has 3 aromatic heterocycles. The van der Waals surface area contributed by atoms with Crippen molar-refractivity contribution >= 4 is 5.65 Å². The third kappa shape index (κ3) is 5.33. The predicted molar refractivity (Wildman–Crippen MR) is 166 cm³/mol. The molecule has 0 saturated heterocycles. The van der Waals surface area contributed by atoms with Crippen molar-refractivity contribution in [3.8, 4) is 22.5 Å². The molecule has 2 atom stereocenters. The molecular formula is C34H37N5O5. The lowest BCUT2D eigenvalue weighted by Crippen LogP contribution is -2.35. The van der Waals surface area contributed by atoms with Crippen molar-refractivity contribution in [1.82, 2.24) is 24.3 Å². The van der Waals surface area contributed by atoms with E-state index in [1.807, 2.05) is 58.5 Å². The fraction of sp³-hybridized carbons (Fsp3) is 0.412. The molecular weight excluding hydrogens is 558 g/mol. The summed E-state index contributed by atoms with van der Waals surface area (Å²) in [6, 6.07) is 17.9. The maximum atomic E-state index is 14.3. The van der Waals surface area contributed by atoms with E-state index in [-0.39, 0.29) is 23.8 Å². The van der Waals surface area contributed by atoms with Crippen LogP contribution in [-0.2, 0) is 17.6 Å². The zero-order valence-electron chi connectivity index (χ0n) is 25.0. The van der Waals surface area contributed by atoms with Gasteiger partial charge in [-0.2, -0.15) is 5.10 Å². The third-order valence-electron chi connectivity index (χ3n) is 9.20. The number of H-pyrrole nitrogens is 1. The topological polar surface area (TPSA) is 128 Å². The molecule has 0 aliphatic heterocycles. The Morgan fingerprint density at radius 2 is 1.77 bits per heavy atom. The summed E-state index contributed by atoms with van der Waals surface area (Å²) < 4.78 is 14.8. The van der Waals surface area contributed by atoms with Crippen LogP contribution in [0.4, 0.5) is 0 Å². The van der Waals surface area contributed by atoms with Crippen LogP contribution in [-0.4, -0.2) is 47.2 Å². The van der Waals surface area contributed by atoms with Gasteiger partial charge in [-0.15, -0.1) is 0 Å². The summed E-state index contributed by atoms with van der Waals surface area (Å²) in [4.78, 5) is 28.5. The average molecular weight is 596 g/mol.